The van der Waals surface area contributed by atoms with E-state index >= 15 is 0 Å². The predicted molar refractivity (Wildman–Crippen MR) is 71.0 cm³/mol. The zero-order valence-electron chi connectivity index (χ0n) is 11.3. The summed E-state index contributed by atoms with van der Waals surface area (Å²) in [5.41, 5.74) is 1.02. The van der Waals surface area contributed by atoms with Crippen LogP contribution in [-0.2, 0) is 16.0 Å². The van der Waals surface area contributed by atoms with Gasteiger partial charge in [-0.2, -0.15) is 0 Å². The summed E-state index contributed by atoms with van der Waals surface area (Å²) in [4.78, 5) is 23.2. The van der Waals surface area contributed by atoms with E-state index in [-0.39, 0.29) is 17.9 Å². The van der Waals surface area contributed by atoms with Crippen LogP contribution in [0, 0.1) is 12.8 Å². The van der Waals surface area contributed by atoms with Crippen molar-refractivity contribution in [1.82, 2.24) is 15.5 Å². The monoisotopic (exact) mass is 267 g/mol. The van der Waals surface area contributed by atoms with Gasteiger partial charge in [-0.05, 0) is 32.1 Å². The maximum atomic E-state index is 11.7. The van der Waals surface area contributed by atoms with E-state index in [9.17, 15) is 9.59 Å². The quantitative estimate of drug-likeness (QED) is 0.725. The van der Waals surface area contributed by atoms with Gasteiger partial charge in [0.25, 0.3) is 5.56 Å². The van der Waals surface area contributed by atoms with Crippen molar-refractivity contribution in [2.75, 3.05) is 19.8 Å². The topological polar surface area (TPSA) is 87.0 Å². The number of nitrogens with one attached hydrogen (secondary N) is 3. The number of aromatic nitrogens is 2. The lowest BCUT2D eigenvalue weighted by Gasteiger charge is -2.21. The second kappa shape index (κ2) is 6.56. The fraction of sp³-hybridized carbons (Fsp3) is 0.692. The van der Waals surface area contributed by atoms with Gasteiger partial charge < -0.3 is 15.2 Å². The van der Waals surface area contributed by atoms with Crippen LogP contribution in [0.3, 0.4) is 0 Å². The SMILES string of the molecule is Cc1[nH][nH]c(=O)c1CC(=O)NCC[C@@H]1CCCOC1. The molecule has 1 aromatic heterocycles. The summed E-state index contributed by atoms with van der Waals surface area (Å²) < 4.78 is 5.39. The molecule has 1 aliphatic heterocycles. The zero-order valence-corrected chi connectivity index (χ0v) is 11.3. The first kappa shape index (κ1) is 13.9. The van der Waals surface area contributed by atoms with Gasteiger partial charge in [0, 0.05) is 31.0 Å². The van der Waals surface area contributed by atoms with E-state index in [1.165, 1.54) is 6.42 Å². The Morgan fingerprint density at radius 1 is 1.47 bits per heavy atom. The van der Waals surface area contributed by atoms with Crippen LogP contribution in [0.25, 0.3) is 0 Å². The van der Waals surface area contributed by atoms with E-state index in [0.717, 1.165) is 31.7 Å². The van der Waals surface area contributed by atoms with Crippen molar-refractivity contribution in [3.05, 3.63) is 21.6 Å². The molecule has 1 atom stereocenters. The number of rotatable bonds is 5. The Balaban J connectivity index is 1.71. The van der Waals surface area contributed by atoms with E-state index in [1.54, 1.807) is 6.92 Å². The molecule has 3 N–H and O–H groups in total. The molecule has 1 fully saturated rings. The highest BCUT2D eigenvalue weighted by atomic mass is 16.5. The Bertz CT molecular complexity index is 472. The van der Waals surface area contributed by atoms with Gasteiger partial charge in [-0.15, -0.1) is 0 Å². The van der Waals surface area contributed by atoms with E-state index in [2.05, 4.69) is 15.5 Å². The molecule has 6 heteroatoms. The van der Waals surface area contributed by atoms with Crippen molar-refractivity contribution in [1.29, 1.82) is 0 Å². The lowest BCUT2D eigenvalue weighted by atomic mass is 9.99. The molecular weight excluding hydrogens is 246 g/mol. The number of carbonyl (C=O) groups excluding carboxylic acids is 1. The van der Waals surface area contributed by atoms with E-state index in [4.69, 9.17) is 4.74 Å². The summed E-state index contributed by atoms with van der Waals surface area (Å²) in [5, 5.41) is 8.05. The van der Waals surface area contributed by atoms with Gasteiger partial charge in [-0.25, -0.2) is 0 Å². The first-order valence-corrected chi connectivity index (χ1v) is 6.77. The fourth-order valence-corrected chi connectivity index (χ4v) is 2.36. The number of H-pyrrole nitrogens is 2. The molecule has 1 aromatic rings. The number of amides is 1. The van der Waals surface area contributed by atoms with Gasteiger partial charge >= 0.3 is 0 Å². The molecule has 0 saturated carbocycles. The van der Waals surface area contributed by atoms with E-state index < -0.39 is 0 Å². The molecule has 0 spiro atoms. The first-order valence-electron chi connectivity index (χ1n) is 6.77. The molecule has 2 heterocycles. The molecule has 0 aromatic carbocycles. The third kappa shape index (κ3) is 3.96. The molecule has 1 amide bonds. The summed E-state index contributed by atoms with van der Waals surface area (Å²) in [5.74, 6) is 0.441. The van der Waals surface area contributed by atoms with Gasteiger partial charge in [-0.3, -0.25) is 14.7 Å². The van der Waals surface area contributed by atoms with Crippen molar-refractivity contribution >= 4 is 5.91 Å². The fourth-order valence-electron chi connectivity index (χ4n) is 2.36. The third-order valence-electron chi connectivity index (χ3n) is 3.56. The number of carbonyl (C=O) groups is 1. The Morgan fingerprint density at radius 2 is 2.32 bits per heavy atom. The average molecular weight is 267 g/mol. The summed E-state index contributed by atoms with van der Waals surface area (Å²) in [6, 6.07) is 0. The van der Waals surface area contributed by atoms with Crippen molar-refractivity contribution in [2.24, 2.45) is 5.92 Å². The molecule has 1 aliphatic rings. The normalized spacial score (nSPS) is 19.3. The lowest BCUT2D eigenvalue weighted by molar-refractivity contribution is -0.120. The standard InChI is InChI=1S/C13H21N3O3/c1-9-11(13(18)16-15-9)7-12(17)14-5-4-10-3-2-6-19-8-10/h10H,2-8H2,1H3,(H,14,17)(H2,15,16,18)/t10-/m0/s1. The van der Waals surface area contributed by atoms with Gasteiger partial charge in [0.2, 0.25) is 5.91 Å². The highest BCUT2D eigenvalue weighted by Gasteiger charge is 2.15. The van der Waals surface area contributed by atoms with E-state index in [0.29, 0.717) is 18.0 Å². The summed E-state index contributed by atoms with van der Waals surface area (Å²) in [6.45, 7) is 4.08. The number of hydrogen-bond acceptors (Lipinski definition) is 3. The molecular formula is C13H21N3O3. The average Bonchev–Trinajstić information content (AvgIpc) is 2.72. The Morgan fingerprint density at radius 3 is 2.95 bits per heavy atom. The van der Waals surface area contributed by atoms with Crippen LogP contribution in [0.15, 0.2) is 4.79 Å². The Hall–Kier alpha value is -1.56. The summed E-state index contributed by atoms with van der Waals surface area (Å²) in [7, 11) is 0. The highest BCUT2D eigenvalue weighted by Crippen LogP contribution is 2.16. The summed E-state index contributed by atoms with van der Waals surface area (Å²) >= 11 is 0. The van der Waals surface area contributed by atoms with Crippen LogP contribution in [0.5, 0.6) is 0 Å². The minimum absolute atomic E-state index is 0.107. The molecule has 1 saturated heterocycles. The minimum atomic E-state index is -0.215. The molecule has 2 rings (SSSR count). The second-order valence-electron chi connectivity index (χ2n) is 5.08. The molecule has 0 bridgehead atoms. The number of aromatic amines is 2. The van der Waals surface area contributed by atoms with Crippen LogP contribution in [0.2, 0.25) is 0 Å². The number of aryl methyl sites for hydroxylation is 1. The van der Waals surface area contributed by atoms with Crippen LogP contribution < -0.4 is 10.9 Å². The second-order valence-corrected chi connectivity index (χ2v) is 5.08. The molecule has 0 radical (unpaired) electrons. The highest BCUT2D eigenvalue weighted by molar-refractivity contribution is 5.78. The molecule has 19 heavy (non-hydrogen) atoms. The number of hydrogen-bond donors (Lipinski definition) is 3. The van der Waals surface area contributed by atoms with Crippen LogP contribution in [-0.4, -0.2) is 35.9 Å². The molecule has 0 aliphatic carbocycles. The van der Waals surface area contributed by atoms with Crippen LogP contribution >= 0.6 is 0 Å². The van der Waals surface area contributed by atoms with Crippen molar-refractivity contribution < 1.29 is 9.53 Å². The zero-order chi connectivity index (χ0) is 13.7. The van der Waals surface area contributed by atoms with Gasteiger partial charge in [-0.1, -0.05) is 0 Å². The maximum absolute atomic E-state index is 11.7. The van der Waals surface area contributed by atoms with Crippen LogP contribution in [0.4, 0.5) is 0 Å². The third-order valence-corrected chi connectivity index (χ3v) is 3.56. The molecule has 0 unspecified atom stereocenters. The van der Waals surface area contributed by atoms with Gasteiger partial charge in [0.15, 0.2) is 0 Å². The number of ether oxygens (including phenoxy) is 1. The Labute approximate surface area is 111 Å². The Kier molecular flexibility index (Phi) is 4.79. The molecule has 6 nitrogen and oxygen atoms in total. The molecule has 106 valence electrons. The maximum Gasteiger partial charge on any atom is 0.267 e. The smallest absolute Gasteiger partial charge is 0.267 e. The van der Waals surface area contributed by atoms with Crippen molar-refractivity contribution in [3.8, 4) is 0 Å². The summed E-state index contributed by atoms with van der Waals surface area (Å²) in [6.07, 6.45) is 3.35. The lowest BCUT2D eigenvalue weighted by Crippen LogP contribution is -2.30. The minimum Gasteiger partial charge on any atom is -0.381 e. The van der Waals surface area contributed by atoms with E-state index in [1.807, 2.05) is 0 Å². The van der Waals surface area contributed by atoms with Crippen molar-refractivity contribution in [2.45, 2.75) is 32.6 Å². The largest absolute Gasteiger partial charge is 0.381 e. The van der Waals surface area contributed by atoms with Crippen molar-refractivity contribution in [3.63, 3.8) is 0 Å². The first-order chi connectivity index (χ1) is 9.16. The van der Waals surface area contributed by atoms with Crippen LogP contribution in [0.1, 0.15) is 30.5 Å². The predicted octanol–water partition coefficient (Wildman–Crippen LogP) is 0.487. The van der Waals surface area contributed by atoms with Gasteiger partial charge in [0.1, 0.15) is 0 Å². The van der Waals surface area contributed by atoms with Gasteiger partial charge in [0.05, 0.1) is 6.42 Å².